The minimum atomic E-state index is 0. The first-order valence-corrected chi connectivity index (χ1v) is 9.93. The highest BCUT2D eigenvalue weighted by atomic mass is 35.5. The Morgan fingerprint density at radius 3 is 2.46 bits per heavy atom. The molecule has 0 radical (unpaired) electrons. The molecule has 2 aromatic carbocycles. The van der Waals surface area contributed by atoms with Crippen molar-refractivity contribution in [1.29, 1.82) is 0 Å². The summed E-state index contributed by atoms with van der Waals surface area (Å²) < 4.78 is 11.3. The summed E-state index contributed by atoms with van der Waals surface area (Å²) in [6, 6.07) is 9.03. The largest absolute Gasteiger partial charge is 0.493 e. The van der Waals surface area contributed by atoms with Crippen LogP contribution in [0.3, 0.4) is 0 Å². The van der Waals surface area contributed by atoms with Gasteiger partial charge in [0.2, 0.25) is 0 Å². The third-order valence-corrected chi connectivity index (χ3v) is 4.88. The molecule has 0 atom stereocenters. The lowest BCUT2D eigenvalue weighted by molar-refractivity contribution is 0.282. The van der Waals surface area contributed by atoms with Crippen LogP contribution in [0, 0.1) is 0 Å². The Balaban J connectivity index is 0.00000392. The topological polar surface area (TPSA) is 50.7 Å². The lowest BCUT2D eigenvalue weighted by Gasteiger charge is -2.15. The van der Waals surface area contributed by atoms with Crippen LogP contribution in [0.2, 0.25) is 15.1 Å². The summed E-state index contributed by atoms with van der Waals surface area (Å²) in [5, 5.41) is 13.7. The van der Waals surface area contributed by atoms with Crippen LogP contribution in [0.25, 0.3) is 0 Å². The predicted octanol–water partition coefficient (Wildman–Crippen LogP) is 5.91. The summed E-state index contributed by atoms with van der Waals surface area (Å²) in [6.07, 6.45) is 2.87. The average molecular weight is 469 g/mol. The standard InChI is InChI=1S/C20H24Cl3NO3.ClH/c1-26-19-10-14(12-24-7-3-2-4-8-25)9-18(23)20(19)27-13-15-5-6-16(21)11-17(15)22;/h5-6,9-11,24-25H,2-4,7-8,12-13H2,1H3;1H. The number of methoxy groups -OCH3 is 1. The Hall–Kier alpha value is -0.880. The molecule has 0 aliphatic carbocycles. The van der Waals surface area contributed by atoms with Crippen molar-refractivity contribution < 1.29 is 14.6 Å². The molecule has 2 N–H and O–H groups in total. The van der Waals surface area contributed by atoms with Crippen LogP contribution in [0.5, 0.6) is 11.5 Å². The molecular formula is C20H25Cl4NO3. The first-order chi connectivity index (χ1) is 13.0. The molecule has 2 rings (SSSR count). The first kappa shape index (κ1) is 25.2. The fourth-order valence-electron chi connectivity index (χ4n) is 2.58. The highest BCUT2D eigenvalue weighted by molar-refractivity contribution is 6.35. The fraction of sp³-hybridized carbons (Fsp3) is 0.400. The summed E-state index contributed by atoms with van der Waals surface area (Å²) in [4.78, 5) is 0. The number of nitrogens with one attached hydrogen (secondary N) is 1. The van der Waals surface area contributed by atoms with Gasteiger partial charge in [0.05, 0.1) is 12.1 Å². The van der Waals surface area contributed by atoms with Gasteiger partial charge in [0.1, 0.15) is 6.61 Å². The van der Waals surface area contributed by atoms with Gasteiger partial charge in [-0.2, -0.15) is 0 Å². The SMILES string of the molecule is COc1cc(CNCCCCCO)cc(Cl)c1OCc1ccc(Cl)cc1Cl.Cl. The second-order valence-corrected chi connectivity index (χ2v) is 7.35. The van der Waals surface area contributed by atoms with Gasteiger partial charge in [-0.3, -0.25) is 0 Å². The normalized spacial score (nSPS) is 10.5. The van der Waals surface area contributed by atoms with E-state index in [0.29, 0.717) is 33.1 Å². The van der Waals surface area contributed by atoms with Gasteiger partial charge in [-0.05, 0) is 55.6 Å². The maximum atomic E-state index is 8.78. The molecule has 2 aromatic rings. The van der Waals surface area contributed by atoms with Crippen molar-refractivity contribution in [2.24, 2.45) is 0 Å². The van der Waals surface area contributed by atoms with Crippen molar-refractivity contribution in [3.63, 3.8) is 0 Å². The van der Waals surface area contributed by atoms with E-state index in [1.54, 1.807) is 19.2 Å². The monoisotopic (exact) mass is 467 g/mol. The Labute approximate surface area is 187 Å². The molecule has 8 heteroatoms. The van der Waals surface area contributed by atoms with E-state index in [1.807, 2.05) is 18.2 Å². The van der Waals surface area contributed by atoms with Crippen molar-refractivity contribution in [1.82, 2.24) is 5.32 Å². The molecule has 0 heterocycles. The Kier molecular flexibility index (Phi) is 12.0. The third kappa shape index (κ3) is 7.86. The van der Waals surface area contributed by atoms with Crippen LogP contribution in [-0.4, -0.2) is 25.4 Å². The zero-order valence-corrected chi connectivity index (χ0v) is 18.7. The van der Waals surface area contributed by atoms with Crippen LogP contribution in [0.15, 0.2) is 30.3 Å². The Morgan fingerprint density at radius 1 is 1.00 bits per heavy atom. The number of hydrogen-bond donors (Lipinski definition) is 2. The lowest BCUT2D eigenvalue weighted by Crippen LogP contribution is -2.15. The molecule has 0 aliphatic rings. The van der Waals surface area contributed by atoms with Crippen molar-refractivity contribution in [3.05, 3.63) is 56.5 Å². The molecule has 0 aliphatic heterocycles. The summed E-state index contributed by atoms with van der Waals surface area (Å²) in [7, 11) is 1.58. The van der Waals surface area contributed by atoms with E-state index in [9.17, 15) is 0 Å². The van der Waals surface area contributed by atoms with Crippen molar-refractivity contribution in [2.45, 2.75) is 32.4 Å². The highest BCUT2D eigenvalue weighted by Gasteiger charge is 2.13. The molecule has 4 nitrogen and oxygen atoms in total. The van der Waals surface area contributed by atoms with Gasteiger partial charge in [0, 0.05) is 28.8 Å². The molecule has 0 unspecified atom stereocenters. The smallest absolute Gasteiger partial charge is 0.180 e. The van der Waals surface area contributed by atoms with Crippen molar-refractivity contribution in [3.8, 4) is 11.5 Å². The van der Waals surface area contributed by atoms with E-state index in [4.69, 9.17) is 49.4 Å². The molecule has 0 saturated carbocycles. The number of unbranched alkanes of at least 4 members (excludes halogenated alkanes) is 2. The van der Waals surface area contributed by atoms with Gasteiger partial charge in [0.25, 0.3) is 0 Å². The summed E-state index contributed by atoms with van der Waals surface area (Å²) in [5.74, 6) is 1.06. The number of benzene rings is 2. The molecule has 0 bridgehead atoms. The van der Waals surface area contributed by atoms with Crippen LogP contribution in [0.4, 0.5) is 0 Å². The minimum absolute atomic E-state index is 0. The second-order valence-electron chi connectivity index (χ2n) is 6.09. The number of ether oxygens (including phenoxy) is 2. The quantitative estimate of drug-likeness (QED) is 0.402. The van der Waals surface area contributed by atoms with Crippen LogP contribution >= 0.6 is 47.2 Å². The molecule has 0 aromatic heterocycles. The van der Waals surface area contributed by atoms with Gasteiger partial charge in [-0.15, -0.1) is 12.4 Å². The van der Waals surface area contributed by atoms with E-state index < -0.39 is 0 Å². The molecular weight excluding hydrogens is 444 g/mol. The average Bonchev–Trinajstić information content (AvgIpc) is 2.64. The van der Waals surface area contributed by atoms with E-state index in [1.165, 1.54) is 0 Å². The summed E-state index contributed by atoms with van der Waals surface area (Å²) in [5.41, 5.74) is 1.82. The molecule has 0 fully saturated rings. The van der Waals surface area contributed by atoms with Crippen molar-refractivity contribution >= 4 is 47.2 Å². The van der Waals surface area contributed by atoms with Gasteiger partial charge >= 0.3 is 0 Å². The van der Waals surface area contributed by atoms with Crippen LogP contribution < -0.4 is 14.8 Å². The minimum Gasteiger partial charge on any atom is -0.493 e. The maximum Gasteiger partial charge on any atom is 0.180 e. The van der Waals surface area contributed by atoms with E-state index in [0.717, 1.165) is 36.9 Å². The molecule has 28 heavy (non-hydrogen) atoms. The molecule has 0 saturated heterocycles. The van der Waals surface area contributed by atoms with Gasteiger partial charge < -0.3 is 19.9 Å². The van der Waals surface area contributed by atoms with Gasteiger partial charge in [-0.25, -0.2) is 0 Å². The van der Waals surface area contributed by atoms with Crippen LogP contribution in [0.1, 0.15) is 30.4 Å². The Morgan fingerprint density at radius 2 is 1.79 bits per heavy atom. The maximum absolute atomic E-state index is 8.78. The molecule has 156 valence electrons. The zero-order valence-electron chi connectivity index (χ0n) is 15.6. The van der Waals surface area contributed by atoms with Crippen molar-refractivity contribution in [2.75, 3.05) is 20.3 Å². The van der Waals surface area contributed by atoms with Gasteiger partial charge in [0.15, 0.2) is 11.5 Å². The number of aliphatic hydroxyl groups excluding tert-OH is 1. The predicted molar refractivity (Wildman–Crippen MR) is 119 cm³/mol. The molecule has 0 amide bonds. The number of halogens is 4. The van der Waals surface area contributed by atoms with E-state index in [-0.39, 0.29) is 25.6 Å². The zero-order chi connectivity index (χ0) is 19.6. The summed E-state index contributed by atoms with van der Waals surface area (Å²) >= 11 is 18.5. The lowest BCUT2D eigenvalue weighted by atomic mass is 10.2. The van der Waals surface area contributed by atoms with E-state index >= 15 is 0 Å². The number of hydrogen-bond acceptors (Lipinski definition) is 4. The fourth-order valence-corrected chi connectivity index (χ4v) is 3.33. The molecule has 0 spiro atoms. The number of aliphatic hydroxyl groups is 1. The third-order valence-electron chi connectivity index (χ3n) is 4.02. The van der Waals surface area contributed by atoms with E-state index in [2.05, 4.69) is 5.32 Å². The van der Waals surface area contributed by atoms with Gasteiger partial charge in [-0.1, -0.05) is 40.9 Å². The number of rotatable bonds is 11. The second kappa shape index (κ2) is 13.4. The van der Waals surface area contributed by atoms with Crippen LogP contribution in [-0.2, 0) is 13.2 Å². The first-order valence-electron chi connectivity index (χ1n) is 8.80. The summed E-state index contributed by atoms with van der Waals surface area (Å²) in [6.45, 7) is 2.07. The highest BCUT2D eigenvalue weighted by Crippen LogP contribution is 2.37. The Bertz CT molecular complexity index is 744.